The smallest absolute Gasteiger partial charge is 0.334 e. The van der Waals surface area contributed by atoms with Crippen molar-refractivity contribution >= 4 is 11.9 Å². The van der Waals surface area contributed by atoms with Crippen molar-refractivity contribution in [3.8, 4) is 0 Å². The normalized spacial score (nSPS) is 32.4. The Hall–Kier alpha value is -1.88. The molecule has 0 amide bonds. The quantitative estimate of drug-likeness (QED) is 0.339. The van der Waals surface area contributed by atoms with Crippen molar-refractivity contribution in [2.45, 2.75) is 71.2 Å². The largest absolute Gasteiger partial charge is 0.459 e. The van der Waals surface area contributed by atoms with Crippen molar-refractivity contribution in [1.82, 2.24) is 0 Å². The Morgan fingerprint density at radius 1 is 1.40 bits per heavy atom. The van der Waals surface area contributed by atoms with Crippen LogP contribution < -0.4 is 0 Å². The summed E-state index contributed by atoms with van der Waals surface area (Å²) in [6.07, 6.45) is 6.85. The molecule has 0 saturated carbocycles. The second-order valence-electron chi connectivity index (χ2n) is 7.25. The molecule has 3 unspecified atom stereocenters. The summed E-state index contributed by atoms with van der Waals surface area (Å²) in [6, 6.07) is 0. The SMILES string of the molecule is CC=C(C)C(=O)OCC12CCC3=C(C)C(=O)OC3C=C(C)CCC1O2. The van der Waals surface area contributed by atoms with Crippen LogP contribution in [0, 0.1) is 0 Å². The number of fused-ring (bicyclic) bond motifs is 2. The van der Waals surface area contributed by atoms with Gasteiger partial charge in [0.2, 0.25) is 0 Å². The van der Waals surface area contributed by atoms with E-state index in [2.05, 4.69) is 13.0 Å². The van der Waals surface area contributed by atoms with Gasteiger partial charge < -0.3 is 14.2 Å². The lowest BCUT2D eigenvalue weighted by atomic mass is 9.89. The Kier molecular flexibility index (Phi) is 4.87. The molecule has 1 aliphatic carbocycles. The molecule has 0 bridgehead atoms. The number of hydrogen-bond donors (Lipinski definition) is 0. The van der Waals surface area contributed by atoms with Crippen LogP contribution in [0.2, 0.25) is 0 Å². The van der Waals surface area contributed by atoms with Gasteiger partial charge in [-0.15, -0.1) is 0 Å². The van der Waals surface area contributed by atoms with Gasteiger partial charge in [-0.2, -0.15) is 0 Å². The van der Waals surface area contributed by atoms with Crippen LogP contribution in [-0.4, -0.2) is 36.4 Å². The van der Waals surface area contributed by atoms with E-state index in [0.29, 0.717) is 17.6 Å². The maximum absolute atomic E-state index is 12.0. The highest BCUT2D eigenvalue weighted by Crippen LogP contribution is 2.46. The minimum absolute atomic E-state index is 0.102. The number of hydrogen-bond acceptors (Lipinski definition) is 5. The molecule has 1 saturated heterocycles. The number of ether oxygens (including phenoxy) is 3. The van der Waals surface area contributed by atoms with Crippen LogP contribution >= 0.6 is 0 Å². The fraction of sp³-hybridized carbons (Fsp3) is 0.600. The molecular formula is C20H26O5. The number of carbonyl (C=O) groups excluding carboxylic acids is 2. The van der Waals surface area contributed by atoms with Gasteiger partial charge in [-0.3, -0.25) is 0 Å². The average molecular weight is 346 g/mol. The number of carbonyl (C=O) groups is 2. The van der Waals surface area contributed by atoms with E-state index in [1.54, 1.807) is 13.0 Å². The molecule has 0 aromatic carbocycles. The van der Waals surface area contributed by atoms with E-state index in [-0.39, 0.29) is 30.8 Å². The first-order valence-corrected chi connectivity index (χ1v) is 8.92. The first-order chi connectivity index (χ1) is 11.9. The third-order valence-electron chi connectivity index (χ3n) is 5.53. The van der Waals surface area contributed by atoms with Gasteiger partial charge in [0.05, 0.1) is 6.10 Å². The Morgan fingerprint density at radius 3 is 2.88 bits per heavy atom. The number of rotatable bonds is 3. The summed E-state index contributed by atoms with van der Waals surface area (Å²) in [4.78, 5) is 23.9. The molecule has 2 heterocycles. The Bertz CT molecular complexity index is 684. The molecule has 3 rings (SSSR count). The standard InChI is InChI=1S/C20H26O5/c1-5-13(3)18(21)23-11-20-9-8-15-14(4)19(22)24-16(15)10-12(2)6-7-17(20)25-20/h5,10,16-17H,6-9,11H2,1-4H3. The van der Waals surface area contributed by atoms with Gasteiger partial charge in [-0.25, -0.2) is 9.59 Å². The zero-order chi connectivity index (χ0) is 18.2. The van der Waals surface area contributed by atoms with Crippen molar-refractivity contribution in [2.24, 2.45) is 0 Å². The molecule has 0 aromatic heterocycles. The minimum Gasteiger partial charge on any atom is -0.459 e. The lowest BCUT2D eigenvalue weighted by molar-refractivity contribution is -0.141. The van der Waals surface area contributed by atoms with E-state index in [1.165, 1.54) is 5.57 Å². The zero-order valence-corrected chi connectivity index (χ0v) is 15.4. The number of allylic oxidation sites excluding steroid dienone is 2. The third-order valence-corrected chi connectivity index (χ3v) is 5.53. The lowest BCUT2D eigenvalue weighted by Crippen LogP contribution is -2.26. The first kappa shape index (κ1) is 17.9. The van der Waals surface area contributed by atoms with Gasteiger partial charge in [-0.05, 0) is 65.0 Å². The zero-order valence-electron chi connectivity index (χ0n) is 15.4. The monoisotopic (exact) mass is 346 g/mol. The van der Waals surface area contributed by atoms with Crippen molar-refractivity contribution in [3.05, 3.63) is 34.4 Å². The lowest BCUT2D eigenvalue weighted by Gasteiger charge is -2.18. The fourth-order valence-corrected chi connectivity index (χ4v) is 3.54. The van der Waals surface area contributed by atoms with Gasteiger partial charge in [0, 0.05) is 11.1 Å². The van der Waals surface area contributed by atoms with Gasteiger partial charge >= 0.3 is 11.9 Å². The fourth-order valence-electron chi connectivity index (χ4n) is 3.54. The summed E-state index contributed by atoms with van der Waals surface area (Å²) >= 11 is 0. The molecule has 25 heavy (non-hydrogen) atoms. The van der Waals surface area contributed by atoms with Crippen LogP contribution in [0.25, 0.3) is 0 Å². The summed E-state index contributed by atoms with van der Waals surface area (Å²) in [5.41, 5.74) is 3.09. The number of esters is 2. The molecule has 2 aliphatic heterocycles. The average Bonchev–Trinajstić information content (AvgIpc) is 3.22. The Morgan fingerprint density at radius 2 is 2.16 bits per heavy atom. The number of epoxide rings is 1. The van der Waals surface area contributed by atoms with E-state index < -0.39 is 5.60 Å². The van der Waals surface area contributed by atoms with Crippen LogP contribution in [0.5, 0.6) is 0 Å². The van der Waals surface area contributed by atoms with E-state index in [1.807, 2.05) is 13.8 Å². The molecular weight excluding hydrogens is 320 g/mol. The summed E-state index contributed by atoms with van der Waals surface area (Å²) in [6.45, 7) is 7.69. The van der Waals surface area contributed by atoms with Crippen molar-refractivity contribution in [3.63, 3.8) is 0 Å². The first-order valence-electron chi connectivity index (χ1n) is 8.92. The second-order valence-corrected chi connectivity index (χ2v) is 7.25. The van der Waals surface area contributed by atoms with Gasteiger partial charge in [0.25, 0.3) is 0 Å². The van der Waals surface area contributed by atoms with E-state index in [9.17, 15) is 9.59 Å². The summed E-state index contributed by atoms with van der Waals surface area (Å²) in [5.74, 6) is -0.535. The third kappa shape index (κ3) is 3.56. The highest BCUT2D eigenvalue weighted by Gasteiger charge is 2.57. The van der Waals surface area contributed by atoms with Crippen molar-refractivity contribution in [2.75, 3.05) is 6.61 Å². The van der Waals surface area contributed by atoms with Gasteiger partial charge in [0.1, 0.15) is 18.3 Å². The maximum Gasteiger partial charge on any atom is 0.334 e. The highest BCUT2D eigenvalue weighted by atomic mass is 16.6. The highest BCUT2D eigenvalue weighted by molar-refractivity contribution is 5.92. The summed E-state index contributed by atoms with van der Waals surface area (Å²) in [7, 11) is 0. The Balaban J connectivity index is 1.75. The maximum atomic E-state index is 12.0. The predicted molar refractivity (Wildman–Crippen MR) is 92.8 cm³/mol. The summed E-state index contributed by atoms with van der Waals surface area (Å²) < 4.78 is 16.9. The molecule has 0 aromatic rings. The van der Waals surface area contributed by atoms with E-state index in [0.717, 1.165) is 24.8 Å². The van der Waals surface area contributed by atoms with Crippen molar-refractivity contribution in [1.29, 1.82) is 0 Å². The molecule has 3 aliphatic rings. The molecule has 0 N–H and O–H groups in total. The van der Waals surface area contributed by atoms with Gasteiger partial charge in [0.15, 0.2) is 0 Å². The molecule has 0 spiro atoms. The molecule has 5 heteroatoms. The second kappa shape index (κ2) is 6.79. The molecule has 0 radical (unpaired) electrons. The van der Waals surface area contributed by atoms with Crippen LogP contribution in [0.4, 0.5) is 0 Å². The summed E-state index contributed by atoms with van der Waals surface area (Å²) in [5, 5.41) is 0. The van der Waals surface area contributed by atoms with Gasteiger partial charge in [-0.1, -0.05) is 11.6 Å². The predicted octanol–water partition coefficient (Wildman–Crippen LogP) is 3.40. The Labute approximate surface area is 148 Å². The molecule has 5 nitrogen and oxygen atoms in total. The van der Waals surface area contributed by atoms with Crippen molar-refractivity contribution < 1.29 is 23.8 Å². The molecule has 3 atom stereocenters. The van der Waals surface area contributed by atoms with Crippen LogP contribution in [0.15, 0.2) is 34.4 Å². The van der Waals surface area contributed by atoms with E-state index >= 15 is 0 Å². The molecule has 136 valence electrons. The van der Waals surface area contributed by atoms with Crippen LogP contribution in [0.1, 0.15) is 53.4 Å². The van der Waals surface area contributed by atoms with E-state index in [4.69, 9.17) is 14.2 Å². The minimum atomic E-state index is -0.426. The molecule has 1 fully saturated rings. The topological polar surface area (TPSA) is 65.1 Å². The van der Waals surface area contributed by atoms with Crippen LogP contribution in [0.3, 0.4) is 0 Å². The van der Waals surface area contributed by atoms with Crippen LogP contribution in [-0.2, 0) is 23.8 Å².